The van der Waals surface area contributed by atoms with Crippen molar-refractivity contribution in [2.75, 3.05) is 0 Å². The topological polar surface area (TPSA) is 87.7 Å². The number of hydrogen-bond donors (Lipinski definition) is 2. The molecular formula is C11H10N4O2. The zero-order valence-electron chi connectivity index (χ0n) is 8.88. The number of hydrogen-bond acceptors (Lipinski definition) is 4. The molecule has 0 spiro atoms. The Labute approximate surface area is 96.7 Å². The average Bonchev–Trinajstić information content (AvgIpc) is 2.38. The van der Waals surface area contributed by atoms with Gasteiger partial charge in [0, 0.05) is 12.3 Å². The van der Waals surface area contributed by atoms with Crippen molar-refractivity contribution in [3.8, 4) is 0 Å². The molecule has 2 heterocycles. The van der Waals surface area contributed by atoms with Gasteiger partial charge in [0.25, 0.3) is 11.5 Å². The number of rotatable bonds is 3. The van der Waals surface area contributed by atoms with Crippen LogP contribution in [0.25, 0.3) is 0 Å². The summed E-state index contributed by atoms with van der Waals surface area (Å²) in [7, 11) is 0. The number of amides is 1. The van der Waals surface area contributed by atoms with Gasteiger partial charge in [-0.1, -0.05) is 6.07 Å². The van der Waals surface area contributed by atoms with Gasteiger partial charge in [0.15, 0.2) is 0 Å². The molecule has 0 aliphatic heterocycles. The number of carbonyl (C=O) groups excluding carboxylic acids is 1. The Kier molecular flexibility index (Phi) is 3.25. The summed E-state index contributed by atoms with van der Waals surface area (Å²) in [6, 6.07) is 8.07. The fourth-order valence-corrected chi connectivity index (χ4v) is 1.24. The summed E-state index contributed by atoms with van der Waals surface area (Å²) in [6.45, 7) is 0.320. The van der Waals surface area contributed by atoms with E-state index in [-0.39, 0.29) is 17.2 Å². The third kappa shape index (κ3) is 2.97. The Balaban J connectivity index is 1.98. The van der Waals surface area contributed by atoms with Crippen molar-refractivity contribution in [3.05, 3.63) is 58.3 Å². The van der Waals surface area contributed by atoms with Crippen LogP contribution in [0.4, 0.5) is 0 Å². The van der Waals surface area contributed by atoms with Gasteiger partial charge in [0.2, 0.25) is 0 Å². The van der Waals surface area contributed by atoms with Crippen molar-refractivity contribution < 1.29 is 4.79 Å². The number of nitrogens with one attached hydrogen (secondary N) is 2. The van der Waals surface area contributed by atoms with Gasteiger partial charge in [0.05, 0.1) is 12.2 Å². The summed E-state index contributed by atoms with van der Waals surface area (Å²) < 4.78 is 0. The predicted octanol–water partition coefficient (Wildman–Crippen LogP) is 0.0949. The third-order valence-corrected chi connectivity index (χ3v) is 2.07. The zero-order chi connectivity index (χ0) is 12.1. The van der Waals surface area contributed by atoms with Gasteiger partial charge in [0.1, 0.15) is 5.69 Å². The van der Waals surface area contributed by atoms with Gasteiger partial charge in [-0.25, -0.2) is 5.10 Å². The van der Waals surface area contributed by atoms with Crippen LogP contribution in [0.1, 0.15) is 16.2 Å². The maximum Gasteiger partial charge on any atom is 0.272 e. The van der Waals surface area contributed by atoms with Gasteiger partial charge in [-0.2, -0.15) is 5.10 Å². The molecule has 0 fully saturated rings. The minimum Gasteiger partial charge on any atom is -0.345 e. The molecule has 0 aromatic carbocycles. The number of H-pyrrole nitrogens is 1. The first-order chi connectivity index (χ1) is 8.25. The molecule has 17 heavy (non-hydrogen) atoms. The first-order valence-electron chi connectivity index (χ1n) is 4.99. The Bertz CT molecular complexity index is 545. The van der Waals surface area contributed by atoms with Crippen LogP contribution in [0.15, 0.2) is 41.3 Å². The van der Waals surface area contributed by atoms with Crippen molar-refractivity contribution >= 4 is 5.91 Å². The molecule has 0 unspecified atom stereocenters. The van der Waals surface area contributed by atoms with Gasteiger partial charge < -0.3 is 5.32 Å². The monoisotopic (exact) mass is 230 g/mol. The highest BCUT2D eigenvalue weighted by Crippen LogP contribution is 1.94. The second kappa shape index (κ2) is 5.02. The molecule has 2 rings (SSSR count). The van der Waals surface area contributed by atoms with Gasteiger partial charge in [-0.15, -0.1) is 0 Å². The molecule has 0 aliphatic rings. The van der Waals surface area contributed by atoms with E-state index in [4.69, 9.17) is 0 Å². The molecule has 0 saturated heterocycles. The minimum absolute atomic E-state index is 0.167. The van der Waals surface area contributed by atoms with E-state index >= 15 is 0 Å². The van der Waals surface area contributed by atoms with Crippen LogP contribution in [0.5, 0.6) is 0 Å². The van der Waals surface area contributed by atoms with E-state index < -0.39 is 0 Å². The van der Waals surface area contributed by atoms with E-state index in [9.17, 15) is 9.59 Å². The Hall–Kier alpha value is -2.50. The Morgan fingerprint density at radius 3 is 2.82 bits per heavy atom. The van der Waals surface area contributed by atoms with Crippen molar-refractivity contribution in [3.63, 3.8) is 0 Å². The summed E-state index contributed by atoms with van der Waals surface area (Å²) in [5, 5.41) is 8.47. The maximum absolute atomic E-state index is 11.6. The standard InChI is InChI=1S/C11H10N4O2/c16-10-5-4-9(14-15-10)11(17)13-7-8-3-1-2-6-12-8/h1-6H,7H2,(H,13,17)(H,15,16). The number of nitrogens with zero attached hydrogens (tertiary/aromatic N) is 2. The number of aromatic amines is 1. The van der Waals surface area contributed by atoms with Gasteiger partial charge in [-0.05, 0) is 18.2 Å². The minimum atomic E-state index is -0.355. The smallest absolute Gasteiger partial charge is 0.272 e. The lowest BCUT2D eigenvalue weighted by molar-refractivity contribution is 0.0944. The van der Waals surface area contributed by atoms with E-state index in [1.807, 2.05) is 6.07 Å². The third-order valence-electron chi connectivity index (χ3n) is 2.07. The average molecular weight is 230 g/mol. The SMILES string of the molecule is O=C(NCc1ccccn1)c1ccc(=O)[nH]n1. The lowest BCUT2D eigenvalue weighted by Crippen LogP contribution is -2.25. The lowest BCUT2D eigenvalue weighted by Gasteiger charge is -2.03. The van der Waals surface area contributed by atoms with Crippen LogP contribution < -0.4 is 10.9 Å². The quantitative estimate of drug-likeness (QED) is 0.782. The van der Waals surface area contributed by atoms with Crippen molar-refractivity contribution in [2.24, 2.45) is 0 Å². The molecule has 0 bridgehead atoms. The highest BCUT2D eigenvalue weighted by Gasteiger charge is 2.06. The van der Waals surface area contributed by atoms with Crippen LogP contribution in [0, 0.1) is 0 Å². The van der Waals surface area contributed by atoms with Gasteiger partial charge >= 0.3 is 0 Å². The molecule has 2 aromatic heterocycles. The summed E-state index contributed by atoms with van der Waals surface area (Å²) in [5.74, 6) is -0.355. The lowest BCUT2D eigenvalue weighted by atomic mass is 10.3. The second-order valence-electron chi connectivity index (χ2n) is 3.31. The number of pyridine rings is 1. The Morgan fingerprint density at radius 2 is 2.18 bits per heavy atom. The molecule has 1 amide bonds. The van der Waals surface area contributed by atoms with Crippen molar-refractivity contribution in [1.82, 2.24) is 20.5 Å². The van der Waals surface area contributed by atoms with Crippen molar-refractivity contribution in [1.29, 1.82) is 0 Å². The molecule has 2 aromatic rings. The first-order valence-corrected chi connectivity index (χ1v) is 4.99. The highest BCUT2D eigenvalue weighted by atomic mass is 16.2. The van der Waals surface area contributed by atoms with E-state index in [1.165, 1.54) is 12.1 Å². The normalized spacial score (nSPS) is 9.88. The fraction of sp³-hybridized carbons (Fsp3) is 0.0909. The molecule has 86 valence electrons. The predicted molar refractivity (Wildman–Crippen MR) is 60.3 cm³/mol. The van der Waals surface area contributed by atoms with Crippen molar-refractivity contribution in [2.45, 2.75) is 6.54 Å². The molecule has 2 N–H and O–H groups in total. The van der Waals surface area contributed by atoms with E-state index in [0.29, 0.717) is 6.54 Å². The maximum atomic E-state index is 11.6. The largest absolute Gasteiger partial charge is 0.345 e. The van der Waals surface area contributed by atoms with Gasteiger partial charge in [-0.3, -0.25) is 14.6 Å². The van der Waals surface area contributed by atoms with Crippen LogP contribution in [0.2, 0.25) is 0 Å². The highest BCUT2D eigenvalue weighted by molar-refractivity contribution is 5.91. The molecule has 6 nitrogen and oxygen atoms in total. The summed E-state index contributed by atoms with van der Waals surface area (Å²) in [6.07, 6.45) is 1.65. The first kappa shape index (κ1) is 11.0. The molecule has 0 saturated carbocycles. The fourth-order valence-electron chi connectivity index (χ4n) is 1.24. The molecular weight excluding hydrogens is 220 g/mol. The zero-order valence-corrected chi connectivity index (χ0v) is 8.88. The van der Waals surface area contributed by atoms with E-state index in [0.717, 1.165) is 5.69 Å². The molecule has 0 radical (unpaired) electrons. The molecule has 0 aliphatic carbocycles. The molecule has 6 heteroatoms. The number of carbonyl (C=O) groups is 1. The Morgan fingerprint density at radius 1 is 1.29 bits per heavy atom. The number of aromatic nitrogens is 3. The summed E-state index contributed by atoms with van der Waals surface area (Å²) in [4.78, 5) is 26.4. The van der Waals surface area contributed by atoms with Crippen LogP contribution in [0.3, 0.4) is 0 Å². The van der Waals surface area contributed by atoms with E-state index in [2.05, 4.69) is 20.5 Å². The second-order valence-corrected chi connectivity index (χ2v) is 3.31. The molecule has 0 atom stereocenters. The summed E-state index contributed by atoms with van der Waals surface area (Å²) in [5.41, 5.74) is 0.581. The summed E-state index contributed by atoms with van der Waals surface area (Å²) >= 11 is 0. The van der Waals surface area contributed by atoms with Crippen LogP contribution in [-0.4, -0.2) is 21.1 Å². The van der Waals surface area contributed by atoms with Crippen LogP contribution >= 0.6 is 0 Å². The van der Waals surface area contributed by atoms with Crippen LogP contribution in [-0.2, 0) is 6.54 Å². The van der Waals surface area contributed by atoms with E-state index in [1.54, 1.807) is 18.3 Å².